The van der Waals surface area contributed by atoms with Crippen LogP contribution in [0.2, 0.25) is 0 Å². The Balaban J connectivity index is 1.96. The number of alkyl halides is 2. The first-order valence-corrected chi connectivity index (χ1v) is 9.99. The molecule has 4 nitrogen and oxygen atoms in total. The zero-order valence-electron chi connectivity index (χ0n) is 14.8. The van der Waals surface area contributed by atoms with Crippen LogP contribution >= 0.6 is 0 Å². The first-order chi connectivity index (χ1) is 11.5. The number of hydrogen-bond donors (Lipinski definition) is 1. The topological polar surface area (TPSA) is 63.2 Å². The molecule has 1 aromatic carbocycles. The van der Waals surface area contributed by atoms with E-state index in [-0.39, 0.29) is 17.2 Å². The van der Waals surface area contributed by atoms with Crippen LogP contribution < -0.4 is 5.32 Å². The van der Waals surface area contributed by atoms with Gasteiger partial charge in [0, 0.05) is 11.6 Å². The van der Waals surface area contributed by atoms with Crippen molar-refractivity contribution in [1.29, 1.82) is 0 Å². The van der Waals surface area contributed by atoms with Gasteiger partial charge in [-0.25, -0.2) is 8.42 Å². The zero-order chi connectivity index (χ0) is 18.8. The van der Waals surface area contributed by atoms with Gasteiger partial charge in [-0.1, -0.05) is 20.8 Å². The second-order valence-corrected chi connectivity index (χ2v) is 9.65. The van der Waals surface area contributed by atoms with Gasteiger partial charge in [0.2, 0.25) is 15.7 Å². The Morgan fingerprint density at radius 1 is 1.08 bits per heavy atom. The van der Waals surface area contributed by atoms with Gasteiger partial charge in [-0.2, -0.15) is 8.78 Å². The van der Waals surface area contributed by atoms with Gasteiger partial charge in [0.25, 0.3) is 0 Å². The molecular formula is C18H25F2NO3S. The Morgan fingerprint density at radius 3 is 2.04 bits per heavy atom. The predicted molar refractivity (Wildman–Crippen MR) is 93.2 cm³/mol. The third-order valence-electron chi connectivity index (χ3n) is 5.01. The van der Waals surface area contributed by atoms with Gasteiger partial charge < -0.3 is 5.32 Å². The third-order valence-corrected chi connectivity index (χ3v) is 6.41. The highest BCUT2D eigenvalue weighted by atomic mass is 32.2. The molecular weight excluding hydrogens is 348 g/mol. The number of anilines is 1. The normalized spacial score (nSPS) is 22.0. The minimum absolute atomic E-state index is 0.0666. The molecule has 1 aromatic rings. The van der Waals surface area contributed by atoms with Crippen LogP contribution in [0.4, 0.5) is 14.5 Å². The quantitative estimate of drug-likeness (QED) is 0.847. The van der Waals surface area contributed by atoms with E-state index in [2.05, 4.69) is 26.1 Å². The lowest BCUT2D eigenvalue weighted by atomic mass is 9.69. The second kappa shape index (κ2) is 7.40. The van der Waals surface area contributed by atoms with Gasteiger partial charge in [-0.15, -0.1) is 0 Å². The lowest BCUT2D eigenvalue weighted by molar-refractivity contribution is -0.121. The van der Waals surface area contributed by atoms with Gasteiger partial charge >= 0.3 is 5.76 Å². The molecule has 0 bridgehead atoms. The molecule has 0 saturated heterocycles. The van der Waals surface area contributed by atoms with Crippen molar-refractivity contribution in [2.24, 2.45) is 17.3 Å². The van der Waals surface area contributed by atoms with E-state index in [4.69, 9.17) is 0 Å². The molecule has 1 aliphatic carbocycles. The van der Waals surface area contributed by atoms with Gasteiger partial charge in [0.1, 0.15) is 0 Å². The summed E-state index contributed by atoms with van der Waals surface area (Å²) < 4.78 is 47.8. The Morgan fingerprint density at radius 2 is 1.60 bits per heavy atom. The fourth-order valence-corrected chi connectivity index (χ4v) is 4.02. The molecule has 0 unspecified atom stereocenters. The van der Waals surface area contributed by atoms with Crippen molar-refractivity contribution in [1.82, 2.24) is 0 Å². The summed E-state index contributed by atoms with van der Waals surface area (Å²) in [5.41, 5.74) is 0.657. The van der Waals surface area contributed by atoms with E-state index in [0.29, 0.717) is 11.6 Å². The summed E-state index contributed by atoms with van der Waals surface area (Å²) in [6, 6.07) is 4.86. The lowest BCUT2D eigenvalue weighted by Gasteiger charge is -2.36. The largest absolute Gasteiger partial charge is 0.341 e. The maximum Gasteiger partial charge on any atom is 0.341 e. The van der Waals surface area contributed by atoms with Gasteiger partial charge in [-0.05, 0) is 61.3 Å². The summed E-state index contributed by atoms with van der Waals surface area (Å²) in [6.45, 7) is 6.65. The summed E-state index contributed by atoms with van der Waals surface area (Å²) in [7, 11) is -4.61. The van der Waals surface area contributed by atoms with Crippen LogP contribution in [-0.2, 0) is 14.6 Å². The van der Waals surface area contributed by atoms with Crippen LogP contribution in [0.25, 0.3) is 0 Å². The zero-order valence-corrected chi connectivity index (χ0v) is 15.6. The van der Waals surface area contributed by atoms with Crippen molar-refractivity contribution in [2.75, 3.05) is 5.32 Å². The highest BCUT2D eigenvalue weighted by molar-refractivity contribution is 7.91. The van der Waals surface area contributed by atoms with E-state index in [9.17, 15) is 22.0 Å². The van der Waals surface area contributed by atoms with E-state index < -0.39 is 20.5 Å². The number of carbonyl (C=O) groups excluding carboxylic acids is 1. The number of halogens is 2. The van der Waals surface area contributed by atoms with Crippen molar-refractivity contribution in [3.63, 3.8) is 0 Å². The molecule has 1 fully saturated rings. The maximum absolute atomic E-state index is 12.5. The van der Waals surface area contributed by atoms with Crippen molar-refractivity contribution < 1.29 is 22.0 Å². The molecule has 0 spiro atoms. The molecule has 1 amide bonds. The smallest absolute Gasteiger partial charge is 0.326 e. The van der Waals surface area contributed by atoms with Gasteiger partial charge in [0.05, 0.1) is 4.90 Å². The number of amides is 1. The molecule has 0 radical (unpaired) electrons. The van der Waals surface area contributed by atoms with E-state index in [0.717, 1.165) is 37.8 Å². The minimum atomic E-state index is -4.61. The molecule has 1 N–H and O–H groups in total. The van der Waals surface area contributed by atoms with E-state index in [1.165, 1.54) is 12.1 Å². The first kappa shape index (κ1) is 19.8. The standard InChI is InChI=1S/C18H25F2NO3S/c1-18(2,3)13-6-4-12(5-7-13)16(22)21-14-8-10-15(11-9-14)25(23,24)17(19)20/h8-13,17H,4-7H2,1-3H3,(H,21,22). The van der Waals surface area contributed by atoms with Crippen LogP contribution in [0.5, 0.6) is 0 Å². The summed E-state index contributed by atoms with van der Waals surface area (Å²) in [6.07, 6.45) is 3.66. The van der Waals surface area contributed by atoms with E-state index >= 15 is 0 Å². The molecule has 0 aromatic heterocycles. The third kappa shape index (κ3) is 4.77. The van der Waals surface area contributed by atoms with Gasteiger partial charge in [-0.3, -0.25) is 4.79 Å². The molecule has 25 heavy (non-hydrogen) atoms. The lowest BCUT2D eigenvalue weighted by Crippen LogP contribution is -2.31. The van der Waals surface area contributed by atoms with Crippen molar-refractivity contribution >= 4 is 21.4 Å². The average Bonchev–Trinajstić information content (AvgIpc) is 2.54. The summed E-state index contributed by atoms with van der Waals surface area (Å²) in [5.74, 6) is -3.01. The average molecular weight is 373 g/mol. The summed E-state index contributed by atoms with van der Waals surface area (Å²) in [4.78, 5) is 11.9. The predicted octanol–water partition coefficient (Wildman–Crippen LogP) is 4.47. The van der Waals surface area contributed by atoms with Crippen LogP contribution in [0.15, 0.2) is 29.2 Å². The molecule has 0 atom stereocenters. The Bertz CT molecular complexity index is 701. The number of benzene rings is 1. The van der Waals surface area contributed by atoms with Crippen LogP contribution in [0.3, 0.4) is 0 Å². The number of sulfone groups is 1. The van der Waals surface area contributed by atoms with E-state index in [1.807, 2.05) is 0 Å². The highest BCUT2D eigenvalue weighted by Crippen LogP contribution is 2.40. The maximum atomic E-state index is 12.5. The fourth-order valence-electron chi connectivity index (χ4n) is 3.30. The molecule has 0 heterocycles. The molecule has 7 heteroatoms. The highest BCUT2D eigenvalue weighted by Gasteiger charge is 2.32. The van der Waals surface area contributed by atoms with Crippen LogP contribution in [0, 0.1) is 17.3 Å². The first-order valence-electron chi connectivity index (χ1n) is 8.45. The van der Waals surface area contributed by atoms with E-state index in [1.54, 1.807) is 0 Å². The number of nitrogens with one attached hydrogen (secondary N) is 1. The summed E-state index contributed by atoms with van der Waals surface area (Å²) in [5, 5.41) is 2.75. The number of carbonyl (C=O) groups is 1. The molecule has 2 rings (SSSR count). The monoisotopic (exact) mass is 373 g/mol. The van der Waals surface area contributed by atoms with Crippen LogP contribution in [-0.4, -0.2) is 20.1 Å². The molecule has 1 saturated carbocycles. The van der Waals surface area contributed by atoms with Gasteiger partial charge in [0.15, 0.2) is 0 Å². The molecule has 140 valence electrons. The number of rotatable bonds is 4. The van der Waals surface area contributed by atoms with Crippen molar-refractivity contribution in [2.45, 2.75) is 57.1 Å². The van der Waals surface area contributed by atoms with Crippen molar-refractivity contribution in [3.8, 4) is 0 Å². The number of hydrogen-bond acceptors (Lipinski definition) is 3. The van der Waals surface area contributed by atoms with Crippen LogP contribution in [0.1, 0.15) is 46.5 Å². The second-order valence-electron chi connectivity index (χ2n) is 7.73. The minimum Gasteiger partial charge on any atom is -0.326 e. The Labute approximate surface area is 147 Å². The molecule has 0 aliphatic heterocycles. The van der Waals surface area contributed by atoms with Crippen molar-refractivity contribution in [3.05, 3.63) is 24.3 Å². The Hall–Kier alpha value is -1.50. The summed E-state index contributed by atoms with van der Waals surface area (Å²) >= 11 is 0. The fraction of sp³-hybridized carbons (Fsp3) is 0.611. The SMILES string of the molecule is CC(C)(C)C1CCC(C(=O)Nc2ccc(S(=O)(=O)C(F)F)cc2)CC1. The Kier molecular flexibility index (Phi) is 5.86. The molecule has 1 aliphatic rings.